The number of furan rings is 1. The highest BCUT2D eigenvalue weighted by Crippen LogP contribution is 2.33. The van der Waals surface area contributed by atoms with Gasteiger partial charge in [0.05, 0.1) is 45.8 Å². The summed E-state index contributed by atoms with van der Waals surface area (Å²) in [5.41, 5.74) is 0. The number of guanidine groups is 1. The van der Waals surface area contributed by atoms with E-state index in [1.54, 1.807) is 6.26 Å². The van der Waals surface area contributed by atoms with Crippen LogP contribution >= 0.6 is 0 Å². The van der Waals surface area contributed by atoms with E-state index in [0.29, 0.717) is 26.4 Å². The first kappa shape index (κ1) is 22.5. The van der Waals surface area contributed by atoms with Crippen LogP contribution in [0.3, 0.4) is 0 Å². The molecule has 1 spiro atoms. The van der Waals surface area contributed by atoms with Gasteiger partial charge >= 0.3 is 0 Å². The Hall–Kier alpha value is -1.65. The van der Waals surface area contributed by atoms with E-state index < -0.39 is 5.79 Å². The summed E-state index contributed by atoms with van der Waals surface area (Å²) in [7, 11) is 0. The van der Waals surface area contributed by atoms with Gasteiger partial charge in [0, 0.05) is 45.4 Å². The summed E-state index contributed by atoms with van der Waals surface area (Å²) in [4.78, 5) is 7.23. The van der Waals surface area contributed by atoms with Crippen LogP contribution < -0.4 is 10.6 Å². The molecule has 0 bridgehead atoms. The van der Waals surface area contributed by atoms with Gasteiger partial charge < -0.3 is 34.0 Å². The lowest BCUT2D eigenvalue weighted by molar-refractivity contribution is -0.210. The number of hydrogen-bond acceptors (Lipinski definition) is 7. The van der Waals surface area contributed by atoms with Crippen molar-refractivity contribution in [3.05, 3.63) is 24.2 Å². The van der Waals surface area contributed by atoms with Crippen molar-refractivity contribution >= 4 is 5.96 Å². The number of hydrogen-bond donors (Lipinski definition) is 2. The van der Waals surface area contributed by atoms with Gasteiger partial charge in [0.25, 0.3) is 0 Å². The standard InChI is InChI=1S/C22H36N4O5/c1-3-19(29-12-1)4-8-24-21(23-7-2-9-26-10-15-28-16-11-26)25-17-20-18-30-22(31-20)5-13-27-14-6-22/h1,3,12,20H,2,4-11,13-18H2,(H2,23,24,25). The first-order valence-corrected chi connectivity index (χ1v) is 11.6. The second kappa shape index (κ2) is 11.8. The second-order valence-electron chi connectivity index (χ2n) is 8.25. The van der Waals surface area contributed by atoms with E-state index in [1.807, 2.05) is 12.1 Å². The molecule has 4 heterocycles. The number of nitrogens with zero attached hydrogens (tertiary/aromatic N) is 2. The topological polar surface area (TPSA) is 89.7 Å². The van der Waals surface area contributed by atoms with Crippen molar-refractivity contribution < 1.29 is 23.4 Å². The Morgan fingerprint density at radius 2 is 1.90 bits per heavy atom. The molecule has 174 valence electrons. The Bertz CT molecular complexity index is 657. The zero-order valence-corrected chi connectivity index (χ0v) is 18.4. The van der Waals surface area contributed by atoms with E-state index in [2.05, 4.69) is 15.5 Å². The quantitative estimate of drug-likeness (QED) is 0.337. The predicted octanol–water partition coefficient (Wildman–Crippen LogP) is 1.00. The van der Waals surface area contributed by atoms with Crippen LogP contribution in [0.25, 0.3) is 0 Å². The molecule has 1 atom stereocenters. The molecule has 4 rings (SSSR count). The van der Waals surface area contributed by atoms with Crippen molar-refractivity contribution in [1.29, 1.82) is 0 Å². The monoisotopic (exact) mass is 436 g/mol. The number of ether oxygens (including phenoxy) is 4. The normalized spacial score (nSPS) is 24.5. The zero-order chi connectivity index (χ0) is 21.2. The fourth-order valence-electron chi connectivity index (χ4n) is 4.11. The van der Waals surface area contributed by atoms with E-state index in [4.69, 9.17) is 28.4 Å². The van der Waals surface area contributed by atoms with E-state index in [0.717, 1.165) is 83.3 Å². The van der Waals surface area contributed by atoms with Crippen LogP contribution in [0.5, 0.6) is 0 Å². The average molecular weight is 437 g/mol. The van der Waals surface area contributed by atoms with E-state index in [9.17, 15) is 0 Å². The molecule has 2 N–H and O–H groups in total. The van der Waals surface area contributed by atoms with Crippen LogP contribution in [-0.4, -0.2) is 95.1 Å². The molecule has 0 radical (unpaired) electrons. The lowest BCUT2D eigenvalue weighted by Gasteiger charge is -2.31. The minimum atomic E-state index is -0.461. The summed E-state index contributed by atoms with van der Waals surface area (Å²) < 4.78 is 28.5. The van der Waals surface area contributed by atoms with Crippen molar-refractivity contribution in [1.82, 2.24) is 15.5 Å². The summed E-state index contributed by atoms with van der Waals surface area (Å²) >= 11 is 0. The molecule has 31 heavy (non-hydrogen) atoms. The van der Waals surface area contributed by atoms with Crippen LogP contribution in [0.4, 0.5) is 0 Å². The van der Waals surface area contributed by atoms with Crippen molar-refractivity contribution in [2.75, 3.05) is 72.3 Å². The molecule has 0 saturated carbocycles. The number of aliphatic imine (C=N–C) groups is 1. The highest BCUT2D eigenvalue weighted by molar-refractivity contribution is 5.79. The molecule has 0 aromatic carbocycles. The third-order valence-corrected chi connectivity index (χ3v) is 5.91. The Morgan fingerprint density at radius 1 is 1.10 bits per heavy atom. The zero-order valence-electron chi connectivity index (χ0n) is 18.4. The van der Waals surface area contributed by atoms with Gasteiger partial charge in [0.15, 0.2) is 11.7 Å². The number of rotatable bonds is 9. The Morgan fingerprint density at radius 3 is 2.71 bits per heavy atom. The molecular weight excluding hydrogens is 400 g/mol. The fourth-order valence-corrected chi connectivity index (χ4v) is 4.11. The van der Waals surface area contributed by atoms with Gasteiger partial charge in [-0.05, 0) is 25.1 Å². The van der Waals surface area contributed by atoms with Gasteiger partial charge in [-0.25, -0.2) is 0 Å². The third-order valence-electron chi connectivity index (χ3n) is 5.91. The van der Waals surface area contributed by atoms with Crippen LogP contribution in [0.2, 0.25) is 0 Å². The summed E-state index contributed by atoms with van der Waals surface area (Å²) in [6.45, 7) is 8.96. The Balaban J connectivity index is 1.22. The minimum absolute atomic E-state index is 0.0184. The van der Waals surface area contributed by atoms with E-state index in [-0.39, 0.29) is 6.10 Å². The lowest BCUT2D eigenvalue weighted by atomic mass is 10.1. The van der Waals surface area contributed by atoms with Gasteiger partial charge in [0.2, 0.25) is 0 Å². The molecule has 3 fully saturated rings. The molecule has 0 amide bonds. The fraction of sp³-hybridized carbons (Fsp3) is 0.773. The van der Waals surface area contributed by atoms with Crippen molar-refractivity contribution in [2.45, 2.75) is 37.6 Å². The van der Waals surface area contributed by atoms with Gasteiger partial charge in [-0.2, -0.15) is 0 Å². The van der Waals surface area contributed by atoms with Crippen LogP contribution in [0, 0.1) is 0 Å². The highest BCUT2D eigenvalue weighted by Gasteiger charge is 2.42. The van der Waals surface area contributed by atoms with E-state index in [1.165, 1.54) is 0 Å². The van der Waals surface area contributed by atoms with Crippen LogP contribution in [0.15, 0.2) is 27.8 Å². The molecule has 1 aromatic heterocycles. The maximum absolute atomic E-state index is 6.21. The first-order chi connectivity index (χ1) is 15.3. The van der Waals surface area contributed by atoms with E-state index >= 15 is 0 Å². The molecule has 9 heteroatoms. The van der Waals surface area contributed by atoms with Crippen molar-refractivity contribution in [3.8, 4) is 0 Å². The predicted molar refractivity (Wildman–Crippen MR) is 116 cm³/mol. The lowest BCUT2D eigenvalue weighted by Crippen LogP contribution is -2.42. The molecule has 3 aliphatic rings. The molecule has 9 nitrogen and oxygen atoms in total. The second-order valence-corrected chi connectivity index (χ2v) is 8.25. The van der Waals surface area contributed by atoms with Gasteiger partial charge in [-0.15, -0.1) is 0 Å². The number of nitrogens with one attached hydrogen (secondary N) is 2. The molecule has 1 unspecified atom stereocenters. The minimum Gasteiger partial charge on any atom is -0.469 e. The third kappa shape index (κ3) is 7.18. The summed E-state index contributed by atoms with van der Waals surface area (Å²) in [6, 6.07) is 3.91. The van der Waals surface area contributed by atoms with Crippen LogP contribution in [0.1, 0.15) is 25.0 Å². The van der Waals surface area contributed by atoms with Crippen molar-refractivity contribution in [2.24, 2.45) is 4.99 Å². The summed E-state index contributed by atoms with van der Waals surface area (Å²) in [5, 5.41) is 6.89. The summed E-state index contributed by atoms with van der Waals surface area (Å²) in [6.07, 6.45) is 5.15. The van der Waals surface area contributed by atoms with Gasteiger partial charge in [0.1, 0.15) is 11.9 Å². The molecule has 1 aromatic rings. The Labute approximate surface area is 184 Å². The molecular formula is C22H36N4O5. The number of morpholine rings is 1. The first-order valence-electron chi connectivity index (χ1n) is 11.6. The molecule has 3 aliphatic heterocycles. The van der Waals surface area contributed by atoms with Crippen molar-refractivity contribution in [3.63, 3.8) is 0 Å². The molecule has 0 aliphatic carbocycles. The maximum Gasteiger partial charge on any atom is 0.191 e. The summed E-state index contributed by atoms with van der Waals surface area (Å²) in [5.74, 6) is 1.31. The average Bonchev–Trinajstić information content (AvgIpc) is 3.46. The smallest absolute Gasteiger partial charge is 0.191 e. The SMILES string of the molecule is c1coc(CCNC(=NCC2COC3(CCOCC3)O2)NCCCN2CCOCC2)c1. The maximum atomic E-state index is 6.21. The molecule has 3 saturated heterocycles. The van der Waals surface area contributed by atoms with Gasteiger partial charge in [-0.3, -0.25) is 9.89 Å². The largest absolute Gasteiger partial charge is 0.469 e. The van der Waals surface area contributed by atoms with Crippen LogP contribution in [-0.2, 0) is 25.4 Å². The Kier molecular flexibility index (Phi) is 8.60. The van der Waals surface area contributed by atoms with Gasteiger partial charge in [-0.1, -0.05) is 0 Å². The highest BCUT2D eigenvalue weighted by atomic mass is 16.7.